The summed E-state index contributed by atoms with van der Waals surface area (Å²) in [7, 11) is 0. The molecule has 0 aliphatic carbocycles. The van der Waals surface area contributed by atoms with Crippen molar-refractivity contribution >= 4 is 62.6 Å². The summed E-state index contributed by atoms with van der Waals surface area (Å²) in [5, 5.41) is 14.0. The molecule has 0 amide bonds. The Morgan fingerprint density at radius 1 is 1.28 bits per heavy atom. The molecule has 0 saturated carbocycles. The van der Waals surface area contributed by atoms with Crippen LogP contribution in [0, 0.1) is 4.51 Å². The Kier molecular flexibility index (Phi) is 6.19. The first-order valence-electron chi connectivity index (χ1n) is 7.86. The van der Waals surface area contributed by atoms with E-state index in [4.69, 9.17) is 41.1 Å². The molecular formula is C18H17ClN2OS3. The van der Waals surface area contributed by atoms with E-state index in [2.05, 4.69) is 16.4 Å². The van der Waals surface area contributed by atoms with Crippen LogP contribution >= 0.6 is 47.4 Å². The first kappa shape index (κ1) is 18.5. The fourth-order valence-corrected chi connectivity index (χ4v) is 4.38. The number of halogens is 1. The van der Waals surface area contributed by atoms with Gasteiger partial charge in [-0.1, -0.05) is 48.2 Å². The lowest BCUT2D eigenvalue weighted by atomic mass is 10.2. The molecule has 3 rings (SSSR count). The van der Waals surface area contributed by atoms with Crippen molar-refractivity contribution in [2.75, 3.05) is 6.61 Å². The van der Waals surface area contributed by atoms with Crippen molar-refractivity contribution in [3.05, 3.63) is 62.1 Å². The van der Waals surface area contributed by atoms with Crippen LogP contribution < -0.4 is 5.32 Å². The summed E-state index contributed by atoms with van der Waals surface area (Å²) < 4.78 is 0.758. The SMILES string of the molecule is OCCCc1cc2c(=S)c(C(=S)NCc3ccc(Cl)cc3)c[nH]c2s1. The van der Waals surface area contributed by atoms with Gasteiger partial charge >= 0.3 is 0 Å². The molecule has 130 valence electrons. The number of aryl methyl sites for hydroxylation is 1. The monoisotopic (exact) mass is 408 g/mol. The van der Waals surface area contributed by atoms with Gasteiger partial charge in [0.15, 0.2) is 0 Å². The Morgan fingerprint density at radius 2 is 2.04 bits per heavy atom. The van der Waals surface area contributed by atoms with E-state index >= 15 is 0 Å². The van der Waals surface area contributed by atoms with E-state index in [9.17, 15) is 0 Å². The highest BCUT2D eigenvalue weighted by molar-refractivity contribution is 7.80. The molecule has 25 heavy (non-hydrogen) atoms. The molecule has 0 bridgehead atoms. The predicted octanol–water partition coefficient (Wildman–Crippen LogP) is 5.00. The summed E-state index contributed by atoms with van der Waals surface area (Å²) in [6, 6.07) is 9.75. The number of aromatic amines is 1. The number of nitrogens with one attached hydrogen (secondary N) is 2. The highest BCUT2D eigenvalue weighted by Gasteiger charge is 2.10. The van der Waals surface area contributed by atoms with Gasteiger partial charge in [0.05, 0.1) is 4.51 Å². The lowest BCUT2D eigenvalue weighted by molar-refractivity contribution is 0.289. The van der Waals surface area contributed by atoms with Crippen molar-refractivity contribution in [1.82, 2.24) is 10.3 Å². The molecule has 0 unspecified atom stereocenters. The van der Waals surface area contributed by atoms with Gasteiger partial charge in [-0.25, -0.2) is 0 Å². The zero-order valence-electron chi connectivity index (χ0n) is 13.3. The number of aliphatic hydroxyl groups excluding tert-OH is 1. The van der Waals surface area contributed by atoms with Crippen LogP contribution in [0.4, 0.5) is 0 Å². The number of hydrogen-bond acceptors (Lipinski definition) is 4. The topological polar surface area (TPSA) is 48.0 Å². The van der Waals surface area contributed by atoms with Gasteiger partial charge in [-0.2, -0.15) is 0 Å². The minimum absolute atomic E-state index is 0.197. The second-order valence-electron chi connectivity index (χ2n) is 5.62. The molecule has 0 fully saturated rings. The molecule has 1 aromatic carbocycles. The number of benzene rings is 1. The summed E-state index contributed by atoms with van der Waals surface area (Å²) in [5.41, 5.74) is 1.93. The third-order valence-corrected chi connectivity index (χ3v) is 5.99. The van der Waals surface area contributed by atoms with Crippen LogP contribution in [-0.2, 0) is 13.0 Å². The van der Waals surface area contributed by atoms with Crippen molar-refractivity contribution < 1.29 is 5.11 Å². The van der Waals surface area contributed by atoms with E-state index in [-0.39, 0.29) is 6.61 Å². The Morgan fingerprint density at radius 3 is 2.76 bits per heavy atom. The van der Waals surface area contributed by atoms with Gasteiger partial charge in [-0.15, -0.1) is 11.3 Å². The van der Waals surface area contributed by atoms with Crippen molar-refractivity contribution in [1.29, 1.82) is 0 Å². The lowest BCUT2D eigenvalue weighted by Gasteiger charge is -2.09. The number of hydrogen-bond donors (Lipinski definition) is 3. The zero-order chi connectivity index (χ0) is 17.8. The van der Waals surface area contributed by atoms with E-state index in [0.29, 0.717) is 16.6 Å². The molecule has 3 N–H and O–H groups in total. The maximum atomic E-state index is 8.99. The van der Waals surface area contributed by atoms with Gasteiger partial charge in [-0.05, 0) is 36.6 Å². The lowest BCUT2D eigenvalue weighted by Crippen LogP contribution is -2.22. The number of thiocarbonyl (C=S) groups is 1. The van der Waals surface area contributed by atoms with Gasteiger partial charge in [0, 0.05) is 40.2 Å². The summed E-state index contributed by atoms with van der Waals surface area (Å²) >= 11 is 18.7. The molecule has 3 aromatic rings. The quantitative estimate of drug-likeness (QED) is 0.502. The first-order valence-corrected chi connectivity index (χ1v) is 9.87. The maximum Gasteiger partial charge on any atom is 0.109 e. The molecule has 3 nitrogen and oxygen atoms in total. The maximum absolute atomic E-state index is 8.99. The first-order chi connectivity index (χ1) is 12.1. The molecule has 2 heterocycles. The molecule has 0 radical (unpaired) electrons. The van der Waals surface area contributed by atoms with Crippen molar-refractivity contribution in [3.63, 3.8) is 0 Å². The predicted molar refractivity (Wildman–Crippen MR) is 112 cm³/mol. The van der Waals surface area contributed by atoms with Crippen LogP contribution in [0.3, 0.4) is 0 Å². The van der Waals surface area contributed by atoms with E-state index in [1.165, 1.54) is 4.88 Å². The van der Waals surface area contributed by atoms with Crippen LogP contribution in [0.25, 0.3) is 10.2 Å². The van der Waals surface area contributed by atoms with Crippen LogP contribution in [0.2, 0.25) is 5.02 Å². The molecule has 0 aliphatic heterocycles. The molecule has 7 heteroatoms. The van der Waals surface area contributed by atoms with E-state index in [0.717, 1.165) is 38.7 Å². The molecule has 0 spiro atoms. The molecule has 2 aromatic heterocycles. The standard InChI is InChI=1S/C18H17ClN2OS3/c19-12-5-3-11(4-6-12)9-20-17(24)15-10-21-18-14(16(15)23)8-13(25-18)2-1-7-22/h3-6,8,10,22H,1-2,7,9H2,(H,20,24)(H,21,23). The Hall–Kier alpha value is -1.31. The number of fused-ring (bicyclic) bond motifs is 1. The smallest absolute Gasteiger partial charge is 0.109 e. The Balaban J connectivity index is 1.77. The minimum Gasteiger partial charge on any atom is -0.396 e. The average molecular weight is 409 g/mol. The van der Waals surface area contributed by atoms with Gasteiger partial charge in [-0.3, -0.25) is 0 Å². The summed E-state index contributed by atoms with van der Waals surface area (Å²) in [4.78, 5) is 6.17. The van der Waals surface area contributed by atoms with Gasteiger partial charge in [0.2, 0.25) is 0 Å². The van der Waals surface area contributed by atoms with Crippen LogP contribution in [0.15, 0.2) is 36.5 Å². The number of H-pyrrole nitrogens is 1. The Bertz CT molecular complexity index is 947. The van der Waals surface area contributed by atoms with E-state index in [1.807, 2.05) is 30.5 Å². The van der Waals surface area contributed by atoms with Crippen LogP contribution in [0.5, 0.6) is 0 Å². The second kappa shape index (κ2) is 8.38. The fraction of sp³-hybridized carbons (Fsp3) is 0.222. The number of thiophene rings is 1. The number of pyridine rings is 1. The molecule has 0 aliphatic rings. The Labute approximate surface area is 165 Å². The van der Waals surface area contributed by atoms with Crippen LogP contribution in [0.1, 0.15) is 22.4 Å². The number of aromatic nitrogens is 1. The molecular weight excluding hydrogens is 392 g/mol. The largest absolute Gasteiger partial charge is 0.396 e. The second-order valence-corrected chi connectivity index (χ2v) is 8.01. The number of rotatable bonds is 6. The highest BCUT2D eigenvalue weighted by atomic mass is 35.5. The van der Waals surface area contributed by atoms with Gasteiger partial charge < -0.3 is 15.4 Å². The third kappa shape index (κ3) is 4.46. The highest BCUT2D eigenvalue weighted by Crippen LogP contribution is 2.27. The van der Waals surface area contributed by atoms with Crippen molar-refractivity contribution in [2.45, 2.75) is 19.4 Å². The molecule has 0 saturated heterocycles. The summed E-state index contributed by atoms with van der Waals surface area (Å²) in [6.07, 6.45) is 3.48. The van der Waals surface area contributed by atoms with Crippen molar-refractivity contribution in [3.8, 4) is 0 Å². The zero-order valence-corrected chi connectivity index (χ0v) is 16.5. The van der Waals surface area contributed by atoms with E-state index < -0.39 is 0 Å². The van der Waals surface area contributed by atoms with E-state index in [1.54, 1.807) is 11.3 Å². The fourth-order valence-electron chi connectivity index (χ4n) is 2.49. The van der Waals surface area contributed by atoms with Crippen molar-refractivity contribution in [2.24, 2.45) is 0 Å². The normalized spacial score (nSPS) is 11.0. The van der Waals surface area contributed by atoms with Gasteiger partial charge in [0.25, 0.3) is 0 Å². The molecule has 0 atom stereocenters. The number of aliphatic hydroxyl groups is 1. The average Bonchev–Trinajstić information content (AvgIpc) is 3.03. The minimum atomic E-state index is 0.197. The summed E-state index contributed by atoms with van der Waals surface area (Å²) in [6.45, 7) is 0.816. The summed E-state index contributed by atoms with van der Waals surface area (Å²) in [5.74, 6) is 0. The van der Waals surface area contributed by atoms with Crippen LogP contribution in [-0.4, -0.2) is 21.7 Å². The van der Waals surface area contributed by atoms with Gasteiger partial charge in [0.1, 0.15) is 9.82 Å². The third-order valence-electron chi connectivity index (χ3n) is 3.81.